The van der Waals surface area contributed by atoms with Gasteiger partial charge in [-0.05, 0) is 32.8 Å². The lowest BCUT2D eigenvalue weighted by atomic mass is 10.0. The third-order valence-corrected chi connectivity index (χ3v) is 4.39. The van der Waals surface area contributed by atoms with E-state index in [0.717, 1.165) is 37.4 Å². The molecule has 0 unspecified atom stereocenters. The molecule has 2 rings (SSSR count). The quantitative estimate of drug-likeness (QED) is 0.900. The smallest absolute Gasteiger partial charge is 0.145 e. The van der Waals surface area contributed by atoms with Crippen LogP contribution in [0.1, 0.15) is 26.7 Å². The maximum Gasteiger partial charge on any atom is 0.145 e. The van der Waals surface area contributed by atoms with Crippen molar-refractivity contribution in [2.75, 3.05) is 32.6 Å². The van der Waals surface area contributed by atoms with Gasteiger partial charge < -0.3 is 19.7 Å². The lowest BCUT2D eigenvalue weighted by molar-refractivity contribution is 0.177. The number of hydrogen-bond donors (Lipinski definition) is 1. The molecule has 118 valence electrons. The molecule has 0 amide bonds. The van der Waals surface area contributed by atoms with E-state index in [1.54, 1.807) is 14.2 Å². The van der Waals surface area contributed by atoms with Gasteiger partial charge in [0.25, 0.3) is 0 Å². The molecule has 1 aliphatic heterocycles. The molecule has 1 saturated heterocycles. The number of nitrogens with one attached hydrogen (secondary N) is 1. The van der Waals surface area contributed by atoms with Gasteiger partial charge in [0, 0.05) is 31.2 Å². The first-order chi connectivity index (χ1) is 10.0. The zero-order chi connectivity index (χ0) is 15.4. The minimum Gasteiger partial charge on any atom is -0.495 e. The van der Waals surface area contributed by atoms with Gasteiger partial charge in [0.1, 0.15) is 11.5 Å². The SMILES string of the molecule is COc1cc(OC)c(NC2CCN(C(C)C)CC2)cc1Cl. The van der Waals surface area contributed by atoms with Crippen LogP contribution in [0.3, 0.4) is 0 Å². The van der Waals surface area contributed by atoms with Gasteiger partial charge in [0.2, 0.25) is 0 Å². The number of piperidine rings is 1. The predicted molar refractivity (Wildman–Crippen MR) is 87.9 cm³/mol. The van der Waals surface area contributed by atoms with Crippen molar-refractivity contribution < 1.29 is 9.47 Å². The van der Waals surface area contributed by atoms with Gasteiger partial charge in [-0.15, -0.1) is 0 Å². The molecule has 0 bridgehead atoms. The molecule has 1 fully saturated rings. The maximum atomic E-state index is 6.21. The topological polar surface area (TPSA) is 33.7 Å². The largest absolute Gasteiger partial charge is 0.495 e. The van der Waals surface area contributed by atoms with Crippen LogP contribution in [0.4, 0.5) is 5.69 Å². The molecule has 0 saturated carbocycles. The van der Waals surface area contributed by atoms with E-state index >= 15 is 0 Å². The summed E-state index contributed by atoms with van der Waals surface area (Å²) in [5.74, 6) is 1.40. The first-order valence-electron chi connectivity index (χ1n) is 7.47. The molecule has 1 aromatic rings. The number of rotatable bonds is 5. The zero-order valence-corrected chi connectivity index (χ0v) is 14.0. The molecular formula is C16H25ClN2O2. The minimum atomic E-state index is 0.457. The molecule has 0 radical (unpaired) electrons. The number of likely N-dealkylation sites (tertiary alicyclic amines) is 1. The number of hydrogen-bond acceptors (Lipinski definition) is 4. The van der Waals surface area contributed by atoms with Crippen LogP contribution < -0.4 is 14.8 Å². The third-order valence-electron chi connectivity index (χ3n) is 4.09. The first kappa shape index (κ1) is 16.2. The Labute approximate surface area is 132 Å². The number of methoxy groups -OCH3 is 2. The Balaban J connectivity index is 2.05. The van der Waals surface area contributed by atoms with Crippen LogP contribution in [0.25, 0.3) is 0 Å². The average Bonchev–Trinajstić information content (AvgIpc) is 2.48. The Morgan fingerprint density at radius 3 is 2.29 bits per heavy atom. The summed E-state index contributed by atoms with van der Waals surface area (Å²) < 4.78 is 10.7. The molecule has 0 aliphatic carbocycles. The van der Waals surface area contributed by atoms with Crippen LogP contribution in [0, 0.1) is 0 Å². The second kappa shape index (κ2) is 7.23. The highest BCUT2D eigenvalue weighted by atomic mass is 35.5. The van der Waals surface area contributed by atoms with E-state index in [9.17, 15) is 0 Å². The van der Waals surface area contributed by atoms with Crippen molar-refractivity contribution in [3.63, 3.8) is 0 Å². The average molecular weight is 313 g/mol. The minimum absolute atomic E-state index is 0.457. The van der Waals surface area contributed by atoms with Crippen molar-refractivity contribution in [2.24, 2.45) is 0 Å². The lowest BCUT2D eigenvalue weighted by Crippen LogP contribution is -2.42. The fraction of sp³-hybridized carbons (Fsp3) is 0.625. The summed E-state index contributed by atoms with van der Waals surface area (Å²) in [6, 6.07) is 4.79. The Hall–Kier alpha value is -1.13. The summed E-state index contributed by atoms with van der Waals surface area (Å²) in [6.45, 7) is 6.75. The van der Waals surface area contributed by atoms with E-state index in [-0.39, 0.29) is 0 Å². The van der Waals surface area contributed by atoms with Crippen molar-refractivity contribution in [2.45, 2.75) is 38.8 Å². The molecule has 1 aromatic carbocycles. The van der Waals surface area contributed by atoms with Crippen LogP contribution in [-0.2, 0) is 0 Å². The van der Waals surface area contributed by atoms with Crippen LogP contribution >= 0.6 is 11.6 Å². The van der Waals surface area contributed by atoms with Crippen LogP contribution in [0.2, 0.25) is 5.02 Å². The summed E-state index contributed by atoms with van der Waals surface area (Å²) in [5.41, 5.74) is 0.936. The van der Waals surface area contributed by atoms with Crippen molar-refractivity contribution in [3.8, 4) is 11.5 Å². The number of halogens is 1. The highest BCUT2D eigenvalue weighted by molar-refractivity contribution is 6.32. The molecule has 0 atom stereocenters. The number of nitrogens with zero attached hydrogens (tertiary/aromatic N) is 1. The fourth-order valence-corrected chi connectivity index (χ4v) is 2.99. The van der Waals surface area contributed by atoms with Crippen LogP contribution in [0.15, 0.2) is 12.1 Å². The van der Waals surface area contributed by atoms with E-state index in [2.05, 4.69) is 24.1 Å². The molecular weight excluding hydrogens is 288 g/mol. The van der Waals surface area contributed by atoms with Gasteiger partial charge in [0.15, 0.2) is 0 Å². The molecule has 0 spiro atoms. The summed E-state index contributed by atoms with van der Waals surface area (Å²) >= 11 is 6.21. The van der Waals surface area contributed by atoms with Crippen LogP contribution in [-0.4, -0.2) is 44.3 Å². The van der Waals surface area contributed by atoms with Gasteiger partial charge in [-0.25, -0.2) is 0 Å². The van der Waals surface area contributed by atoms with E-state index in [1.165, 1.54) is 0 Å². The van der Waals surface area contributed by atoms with E-state index in [1.807, 2.05) is 12.1 Å². The molecule has 4 nitrogen and oxygen atoms in total. The Morgan fingerprint density at radius 1 is 1.14 bits per heavy atom. The highest BCUT2D eigenvalue weighted by Crippen LogP contribution is 2.36. The lowest BCUT2D eigenvalue weighted by Gasteiger charge is -2.35. The van der Waals surface area contributed by atoms with Crippen molar-refractivity contribution >= 4 is 17.3 Å². The fourth-order valence-electron chi connectivity index (χ4n) is 2.75. The Morgan fingerprint density at radius 2 is 1.76 bits per heavy atom. The summed E-state index contributed by atoms with van der Waals surface area (Å²) in [6.07, 6.45) is 2.26. The second-order valence-electron chi connectivity index (χ2n) is 5.74. The first-order valence-corrected chi connectivity index (χ1v) is 7.85. The molecule has 1 heterocycles. The van der Waals surface area contributed by atoms with Crippen molar-refractivity contribution in [1.82, 2.24) is 4.90 Å². The monoisotopic (exact) mass is 312 g/mol. The Kier molecular flexibility index (Phi) is 5.59. The number of ether oxygens (including phenoxy) is 2. The second-order valence-corrected chi connectivity index (χ2v) is 6.14. The number of anilines is 1. The van der Waals surface area contributed by atoms with Crippen LogP contribution in [0.5, 0.6) is 11.5 Å². The molecule has 1 N–H and O–H groups in total. The van der Waals surface area contributed by atoms with Gasteiger partial charge in [-0.2, -0.15) is 0 Å². The predicted octanol–water partition coefficient (Wildman–Crippen LogP) is 3.64. The molecule has 1 aliphatic rings. The van der Waals surface area contributed by atoms with Crippen molar-refractivity contribution in [3.05, 3.63) is 17.2 Å². The van der Waals surface area contributed by atoms with E-state index < -0.39 is 0 Å². The van der Waals surface area contributed by atoms with Gasteiger partial charge in [-0.3, -0.25) is 0 Å². The van der Waals surface area contributed by atoms with Crippen molar-refractivity contribution in [1.29, 1.82) is 0 Å². The maximum absolute atomic E-state index is 6.21. The standard InChI is InChI=1S/C16H25ClN2O2/c1-11(2)19-7-5-12(6-8-19)18-14-9-13(17)15(20-3)10-16(14)21-4/h9-12,18H,5-8H2,1-4H3. The summed E-state index contributed by atoms with van der Waals surface area (Å²) in [4.78, 5) is 2.51. The van der Waals surface area contributed by atoms with E-state index in [0.29, 0.717) is 22.9 Å². The normalized spacial score (nSPS) is 17.0. The summed E-state index contributed by atoms with van der Waals surface area (Å²) in [5, 5.41) is 4.16. The van der Waals surface area contributed by atoms with Gasteiger partial charge in [-0.1, -0.05) is 11.6 Å². The number of benzene rings is 1. The third kappa shape index (κ3) is 3.95. The summed E-state index contributed by atoms with van der Waals surface area (Å²) in [7, 11) is 3.27. The molecule has 0 aromatic heterocycles. The zero-order valence-electron chi connectivity index (χ0n) is 13.3. The van der Waals surface area contributed by atoms with Gasteiger partial charge >= 0.3 is 0 Å². The molecule has 5 heteroatoms. The molecule has 21 heavy (non-hydrogen) atoms. The van der Waals surface area contributed by atoms with E-state index in [4.69, 9.17) is 21.1 Å². The van der Waals surface area contributed by atoms with Gasteiger partial charge in [0.05, 0.1) is 24.9 Å². The highest BCUT2D eigenvalue weighted by Gasteiger charge is 2.22. The Bertz CT molecular complexity index is 472.